The first-order valence-corrected chi connectivity index (χ1v) is 6.66. The van der Waals surface area contributed by atoms with Crippen molar-refractivity contribution in [3.05, 3.63) is 0 Å². The summed E-state index contributed by atoms with van der Waals surface area (Å²) in [6.07, 6.45) is 10.3. The summed E-state index contributed by atoms with van der Waals surface area (Å²) in [5, 5.41) is 0. The Hall–Kier alpha value is 0.430. The lowest BCUT2D eigenvalue weighted by molar-refractivity contribution is 0.280. The van der Waals surface area contributed by atoms with Crippen molar-refractivity contribution >= 4 is 9.24 Å². The minimum Gasteiger partial charge on any atom is -0.134 e. The van der Waals surface area contributed by atoms with Crippen molar-refractivity contribution in [2.75, 3.05) is 0 Å². The molecule has 0 aromatic heterocycles. The van der Waals surface area contributed by atoms with Crippen LogP contribution in [0.1, 0.15) is 58.8 Å². The Labute approximate surface area is 86.1 Å². The molecular formula is C12H25P. The summed E-state index contributed by atoms with van der Waals surface area (Å²) < 4.78 is 0. The van der Waals surface area contributed by atoms with Crippen molar-refractivity contribution in [3.63, 3.8) is 0 Å². The fourth-order valence-corrected chi connectivity index (χ4v) is 2.32. The number of hydrogen-bond acceptors (Lipinski definition) is 0. The predicted molar refractivity (Wildman–Crippen MR) is 64.1 cm³/mol. The molecule has 0 saturated heterocycles. The van der Waals surface area contributed by atoms with Crippen molar-refractivity contribution in [3.8, 4) is 0 Å². The van der Waals surface area contributed by atoms with Crippen LogP contribution in [-0.4, -0.2) is 5.66 Å². The Balaban J connectivity index is 1.97. The Bertz CT molecular complexity index is 129. The summed E-state index contributed by atoms with van der Waals surface area (Å²) in [7, 11) is 2.99. The third-order valence-electron chi connectivity index (χ3n) is 3.70. The van der Waals surface area contributed by atoms with Gasteiger partial charge in [0.15, 0.2) is 0 Å². The van der Waals surface area contributed by atoms with Crippen molar-refractivity contribution < 1.29 is 0 Å². The minimum atomic E-state index is 0.849. The van der Waals surface area contributed by atoms with E-state index in [0.29, 0.717) is 0 Å². The van der Waals surface area contributed by atoms with Crippen molar-refractivity contribution in [1.82, 2.24) is 0 Å². The average Bonchev–Trinajstić information content (AvgIpc) is 2.07. The standard InChI is InChI=1S/C12H25P/c1-3-12(13)10(2)6-4-7-11-8-5-9-11/h10-12H,3-9,13H2,1-2H3. The van der Waals surface area contributed by atoms with Crippen molar-refractivity contribution in [1.29, 1.82) is 0 Å². The van der Waals surface area contributed by atoms with Gasteiger partial charge in [-0.15, -0.1) is 9.24 Å². The lowest BCUT2D eigenvalue weighted by Gasteiger charge is -2.26. The highest BCUT2D eigenvalue weighted by Gasteiger charge is 2.17. The van der Waals surface area contributed by atoms with E-state index in [2.05, 4.69) is 23.1 Å². The average molecular weight is 200 g/mol. The van der Waals surface area contributed by atoms with Crippen molar-refractivity contribution in [2.24, 2.45) is 11.8 Å². The van der Waals surface area contributed by atoms with Gasteiger partial charge in [0.25, 0.3) is 0 Å². The smallest absolute Gasteiger partial charge is 0.0241 e. The second-order valence-corrected chi connectivity index (χ2v) is 5.63. The molecule has 0 aromatic rings. The maximum atomic E-state index is 2.99. The molecule has 13 heavy (non-hydrogen) atoms. The van der Waals surface area contributed by atoms with Gasteiger partial charge < -0.3 is 0 Å². The summed E-state index contributed by atoms with van der Waals surface area (Å²) in [5.41, 5.74) is 0.849. The molecule has 0 amide bonds. The Morgan fingerprint density at radius 2 is 2.08 bits per heavy atom. The molecule has 0 nitrogen and oxygen atoms in total. The molecule has 1 heteroatoms. The quantitative estimate of drug-likeness (QED) is 0.562. The van der Waals surface area contributed by atoms with E-state index in [1.807, 2.05) is 0 Å². The van der Waals surface area contributed by atoms with Crippen LogP contribution in [0.3, 0.4) is 0 Å². The number of rotatable bonds is 6. The molecule has 1 aliphatic rings. The van der Waals surface area contributed by atoms with Gasteiger partial charge in [0.1, 0.15) is 0 Å². The van der Waals surface area contributed by atoms with Gasteiger partial charge in [-0.05, 0) is 23.9 Å². The van der Waals surface area contributed by atoms with Crippen molar-refractivity contribution in [2.45, 2.75) is 64.5 Å². The molecule has 0 bridgehead atoms. The van der Waals surface area contributed by atoms with Crippen LogP contribution in [-0.2, 0) is 0 Å². The van der Waals surface area contributed by atoms with E-state index in [9.17, 15) is 0 Å². The zero-order valence-corrected chi connectivity index (χ0v) is 10.4. The Kier molecular flexibility index (Phi) is 5.32. The van der Waals surface area contributed by atoms with Gasteiger partial charge in [0.2, 0.25) is 0 Å². The highest BCUT2D eigenvalue weighted by atomic mass is 31.0. The highest BCUT2D eigenvalue weighted by Crippen LogP contribution is 2.32. The van der Waals surface area contributed by atoms with Gasteiger partial charge >= 0.3 is 0 Å². The maximum Gasteiger partial charge on any atom is -0.0241 e. The fraction of sp³-hybridized carbons (Fsp3) is 1.00. The molecule has 1 saturated carbocycles. The highest BCUT2D eigenvalue weighted by molar-refractivity contribution is 7.17. The van der Waals surface area contributed by atoms with Crippen LogP contribution in [0.25, 0.3) is 0 Å². The zero-order valence-electron chi connectivity index (χ0n) is 9.26. The van der Waals surface area contributed by atoms with Gasteiger partial charge in [-0.3, -0.25) is 0 Å². The van der Waals surface area contributed by atoms with Gasteiger partial charge in [0.05, 0.1) is 0 Å². The summed E-state index contributed by atoms with van der Waals surface area (Å²) in [4.78, 5) is 0. The van der Waals surface area contributed by atoms with Crippen LogP contribution < -0.4 is 0 Å². The maximum absolute atomic E-state index is 2.99. The van der Waals surface area contributed by atoms with E-state index in [1.165, 1.54) is 44.9 Å². The monoisotopic (exact) mass is 200 g/mol. The van der Waals surface area contributed by atoms with Crippen LogP contribution >= 0.6 is 9.24 Å². The lowest BCUT2D eigenvalue weighted by Crippen LogP contribution is -2.13. The zero-order chi connectivity index (χ0) is 9.68. The van der Waals surface area contributed by atoms with E-state index in [-0.39, 0.29) is 0 Å². The molecule has 0 aromatic carbocycles. The van der Waals surface area contributed by atoms with E-state index in [1.54, 1.807) is 0 Å². The summed E-state index contributed by atoms with van der Waals surface area (Å²) in [6, 6.07) is 0. The normalized spacial score (nSPS) is 22.4. The molecule has 3 atom stereocenters. The molecule has 0 spiro atoms. The molecule has 0 N–H and O–H groups in total. The molecule has 1 aliphatic carbocycles. The molecule has 1 rings (SSSR count). The van der Waals surface area contributed by atoms with Gasteiger partial charge in [-0.1, -0.05) is 52.4 Å². The fourth-order valence-electron chi connectivity index (χ4n) is 2.13. The van der Waals surface area contributed by atoms with E-state index < -0.39 is 0 Å². The predicted octanol–water partition coefficient (Wildman–Crippen LogP) is 4.25. The first kappa shape index (κ1) is 11.5. The van der Waals surface area contributed by atoms with E-state index in [4.69, 9.17) is 0 Å². The third-order valence-corrected chi connectivity index (χ3v) is 4.83. The van der Waals surface area contributed by atoms with Crippen LogP contribution in [0.2, 0.25) is 0 Å². The summed E-state index contributed by atoms with van der Waals surface area (Å²) in [6.45, 7) is 4.70. The second kappa shape index (κ2) is 6.02. The molecular weight excluding hydrogens is 175 g/mol. The Morgan fingerprint density at radius 3 is 2.54 bits per heavy atom. The van der Waals surface area contributed by atoms with E-state index in [0.717, 1.165) is 17.5 Å². The topological polar surface area (TPSA) is 0 Å². The lowest BCUT2D eigenvalue weighted by atomic mass is 9.81. The van der Waals surface area contributed by atoms with Crippen LogP contribution in [0.15, 0.2) is 0 Å². The molecule has 0 radical (unpaired) electrons. The number of hydrogen-bond donors (Lipinski definition) is 0. The Morgan fingerprint density at radius 1 is 1.38 bits per heavy atom. The first-order valence-electron chi connectivity index (χ1n) is 5.99. The van der Waals surface area contributed by atoms with Gasteiger partial charge in [0, 0.05) is 0 Å². The third kappa shape index (κ3) is 3.98. The van der Waals surface area contributed by atoms with Gasteiger partial charge in [-0.2, -0.15) is 0 Å². The second-order valence-electron chi connectivity index (χ2n) is 4.78. The van der Waals surface area contributed by atoms with Crippen LogP contribution in [0.4, 0.5) is 0 Å². The SMILES string of the molecule is CCC(P)C(C)CCCC1CCC1. The van der Waals surface area contributed by atoms with E-state index >= 15 is 0 Å². The molecule has 3 unspecified atom stereocenters. The summed E-state index contributed by atoms with van der Waals surface area (Å²) >= 11 is 0. The molecule has 0 heterocycles. The van der Waals surface area contributed by atoms with Gasteiger partial charge in [-0.25, -0.2) is 0 Å². The minimum absolute atomic E-state index is 0.849. The van der Waals surface area contributed by atoms with Crippen LogP contribution in [0, 0.1) is 11.8 Å². The first-order chi connectivity index (χ1) is 6.24. The molecule has 1 fully saturated rings. The largest absolute Gasteiger partial charge is 0.134 e. The summed E-state index contributed by atoms with van der Waals surface area (Å²) in [5.74, 6) is 2.02. The van der Waals surface area contributed by atoms with Crippen LogP contribution in [0.5, 0.6) is 0 Å². The molecule has 0 aliphatic heterocycles. The molecule has 78 valence electrons.